The lowest BCUT2D eigenvalue weighted by atomic mass is 10.2. The molecule has 8 heteroatoms. The van der Waals surface area contributed by atoms with E-state index in [9.17, 15) is 13.2 Å². The molecule has 7 nitrogen and oxygen atoms in total. The van der Waals surface area contributed by atoms with Crippen molar-refractivity contribution in [1.82, 2.24) is 0 Å². The Morgan fingerprint density at radius 2 is 1.75 bits per heavy atom. The van der Waals surface area contributed by atoms with Crippen LogP contribution in [0.25, 0.3) is 0 Å². The number of hydrogen-bond donors (Lipinski definition) is 2. The molecule has 0 aliphatic heterocycles. The van der Waals surface area contributed by atoms with Crippen molar-refractivity contribution in [2.24, 2.45) is 0 Å². The fourth-order valence-electron chi connectivity index (χ4n) is 2.06. The summed E-state index contributed by atoms with van der Waals surface area (Å²) >= 11 is 0. The minimum atomic E-state index is -4.00. The number of carbonyl (C=O) groups is 1. The van der Waals surface area contributed by atoms with Crippen LogP contribution in [0, 0.1) is 0 Å². The molecule has 0 heterocycles. The van der Waals surface area contributed by atoms with E-state index in [1.165, 1.54) is 19.2 Å². The van der Waals surface area contributed by atoms with Gasteiger partial charge in [-0.15, -0.1) is 0 Å². The average molecular weight is 350 g/mol. The summed E-state index contributed by atoms with van der Waals surface area (Å²) in [7, 11) is 1.08. The largest absolute Gasteiger partial charge is 0.495 e. The summed E-state index contributed by atoms with van der Waals surface area (Å²) < 4.78 is 32.6. The molecule has 0 amide bonds. The summed E-state index contributed by atoms with van der Waals surface area (Å²) in [5.41, 5.74) is 1.14. The Labute approximate surface area is 140 Å². The van der Waals surface area contributed by atoms with Gasteiger partial charge in [0.1, 0.15) is 10.6 Å². The first-order valence-electron chi connectivity index (χ1n) is 6.96. The summed E-state index contributed by atoms with van der Waals surface area (Å²) in [6, 6.07) is 10.4. The number of ether oxygens (including phenoxy) is 1. The number of sulfonamides is 1. The molecular weight excluding hydrogens is 332 g/mol. The highest BCUT2D eigenvalue weighted by Crippen LogP contribution is 2.27. The zero-order valence-corrected chi connectivity index (χ0v) is 14.3. The number of benzene rings is 2. The molecule has 24 heavy (non-hydrogen) atoms. The molecule has 0 aliphatic rings. The number of rotatable bonds is 6. The summed E-state index contributed by atoms with van der Waals surface area (Å²) in [4.78, 5) is 12.7. The van der Waals surface area contributed by atoms with Gasteiger partial charge >= 0.3 is 5.97 Å². The molecule has 0 aliphatic carbocycles. The van der Waals surface area contributed by atoms with E-state index in [0.29, 0.717) is 5.69 Å². The normalized spacial score (nSPS) is 11.0. The quantitative estimate of drug-likeness (QED) is 0.830. The van der Waals surface area contributed by atoms with Gasteiger partial charge < -0.3 is 14.7 Å². The molecule has 0 fully saturated rings. The van der Waals surface area contributed by atoms with Crippen LogP contribution in [0.2, 0.25) is 0 Å². The summed E-state index contributed by atoms with van der Waals surface area (Å²) in [5.74, 6) is -1.15. The minimum absolute atomic E-state index is 0.0670. The zero-order chi connectivity index (χ0) is 17.9. The molecule has 2 rings (SSSR count). The average Bonchev–Trinajstić information content (AvgIpc) is 2.54. The molecule has 0 radical (unpaired) electrons. The molecule has 0 unspecified atom stereocenters. The Hall–Kier alpha value is -2.74. The molecule has 0 bridgehead atoms. The van der Waals surface area contributed by atoms with E-state index < -0.39 is 16.0 Å². The van der Waals surface area contributed by atoms with Gasteiger partial charge in [0.05, 0.1) is 12.7 Å². The smallest absolute Gasteiger partial charge is 0.335 e. The van der Waals surface area contributed by atoms with E-state index in [1.807, 2.05) is 19.0 Å². The minimum Gasteiger partial charge on any atom is -0.495 e. The first-order chi connectivity index (χ1) is 11.2. The second kappa shape index (κ2) is 6.79. The van der Waals surface area contributed by atoms with Crippen LogP contribution in [0.4, 0.5) is 11.4 Å². The van der Waals surface area contributed by atoms with E-state index in [0.717, 1.165) is 11.8 Å². The Balaban J connectivity index is 2.39. The molecular formula is C16H18N2O5S. The standard InChI is InChI=1S/C16H18N2O5S/c1-18(2)13-7-5-12(6-8-13)17-24(21,22)15-10-11(16(19)20)4-9-14(15)23-3/h4-10,17H,1-3H3,(H,19,20). The van der Waals surface area contributed by atoms with Gasteiger partial charge in [0, 0.05) is 25.5 Å². The highest BCUT2D eigenvalue weighted by Gasteiger charge is 2.21. The Morgan fingerprint density at radius 3 is 2.25 bits per heavy atom. The maximum Gasteiger partial charge on any atom is 0.335 e. The topological polar surface area (TPSA) is 95.9 Å². The van der Waals surface area contributed by atoms with Crippen molar-refractivity contribution in [1.29, 1.82) is 0 Å². The molecule has 2 N–H and O–H groups in total. The van der Waals surface area contributed by atoms with E-state index in [1.54, 1.807) is 24.3 Å². The monoisotopic (exact) mass is 350 g/mol. The number of methoxy groups -OCH3 is 1. The second-order valence-corrected chi connectivity index (χ2v) is 6.87. The van der Waals surface area contributed by atoms with Gasteiger partial charge in [0.25, 0.3) is 10.0 Å². The maximum absolute atomic E-state index is 12.6. The number of nitrogens with one attached hydrogen (secondary N) is 1. The fourth-order valence-corrected chi connectivity index (χ4v) is 3.31. The van der Waals surface area contributed by atoms with E-state index >= 15 is 0 Å². The lowest BCUT2D eigenvalue weighted by Gasteiger charge is -2.15. The van der Waals surface area contributed by atoms with Crippen LogP contribution in [0.5, 0.6) is 5.75 Å². The fraction of sp³-hybridized carbons (Fsp3) is 0.188. The van der Waals surface area contributed by atoms with Gasteiger partial charge in [-0.1, -0.05) is 0 Å². The highest BCUT2D eigenvalue weighted by atomic mass is 32.2. The van der Waals surface area contributed by atoms with Gasteiger partial charge in [0.15, 0.2) is 0 Å². The zero-order valence-electron chi connectivity index (χ0n) is 13.5. The predicted octanol–water partition coefficient (Wildman–Crippen LogP) is 2.26. The molecule has 2 aromatic carbocycles. The molecule has 0 spiro atoms. The molecule has 0 atom stereocenters. The Morgan fingerprint density at radius 1 is 1.12 bits per heavy atom. The molecule has 128 valence electrons. The molecule has 2 aromatic rings. The first-order valence-corrected chi connectivity index (χ1v) is 8.44. The third-order valence-corrected chi connectivity index (χ3v) is 4.74. The summed E-state index contributed by atoms with van der Waals surface area (Å²) in [5, 5.41) is 9.05. The predicted molar refractivity (Wildman–Crippen MR) is 91.5 cm³/mol. The van der Waals surface area contributed by atoms with Gasteiger partial charge in [-0.05, 0) is 42.5 Å². The first kappa shape index (κ1) is 17.6. The SMILES string of the molecule is COc1ccc(C(=O)O)cc1S(=O)(=O)Nc1ccc(N(C)C)cc1. The van der Waals surface area contributed by atoms with Crippen LogP contribution in [0.1, 0.15) is 10.4 Å². The van der Waals surface area contributed by atoms with Crippen molar-refractivity contribution >= 4 is 27.4 Å². The van der Waals surface area contributed by atoms with Crippen molar-refractivity contribution in [3.8, 4) is 5.75 Å². The number of carboxylic acids is 1. The van der Waals surface area contributed by atoms with E-state index in [4.69, 9.17) is 9.84 Å². The van der Waals surface area contributed by atoms with Crippen molar-refractivity contribution in [3.63, 3.8) is 0 Å². The number of hydrogen-bond acceptors (Lipinski definition) is 5. The third-order valence-electron chi connectivity index (χ3n) is 3.34. The lowest BCUT2D eigenvalue weighted by Crippen LogP contribution is -2.15. The number of nitrogens with zero attached hydrogens (tertiary/aromatic N) is 1. The Kier molecular flexibility index (Phi) is 4.99. The molecule has 0 saturated carbocycles. The van der Waals surface area contributed by atoms with E-state index in [2.05, 4.69) is 4.72 Å². The number of carboxylic acid groups (broad SMARTS) is 1. The van der Waals surface area contributed by atoms with Crippen LogP contribution >= 0.6 is 0 Å². The van der Waals surface area contributed by atoms with Crippen molar-refractivity contribution < 1.29 is 23.1 Å². The Bertz CT molecular complexity index is 845. The highest BCUT2D eigenvalue weighted by molar-refractivity contribution is 7.92. The van der Waals surface area contributed by atoms with Crippen LogP contribution < -0.4 is 14.4 Å². The van der Waals surface area contributed by atoms with Crippen molar-refractivity contribution in [2.75, 3.05) is 30.8 Å². The van der Waals surface area contributed by atoms with Crippen molar-refractivity contribution in [2.45, 2.75) is 4.90 Å². The van der Waals surface area contributed by atoms with E-state index in [-0.39, 0.29) is 16.2 Å². The molecule has 0 saturated heterocycles. The van der Waals surface area contributed by atoms with Gasteiger partial charge in [-0.3, -0.25) is 4.72 Å². The molecule has 0 aromatic heterocycles. The summed E-state index contributed by atoms with van der Waals surface area (Å²) in [6.45, 7) is 0. The van der Waals surface area contributed by atoms with Gasteiger partial charge in [-0.2, -0.15) is 0 Å². The lowest BCUT2D eigenvalue weighted by molar-refractivity contribution is 0.0696. The van der Waals surface area contributed by atoms with Crippen molar-refractivity contribution in [3.05, 3.63) is 48.0 Å². The van der Waals surface area contributed by atoms with Gasteiger partial charge in [0.2, 0.25) is 0 Å². The third kappa shape index (κ3) is 3.77. The van der Waals surface area contributed by atoms with Crippen LogP contribution in [0.15, 0.2) is 47.4 Å². The van der Waals surface area contributed by atoms with Gasteiger partial charge in [-0.25, -0.2) is 13.2 Å². The summed E-state index contributed by atoms with van der Waals surface area (Å²) in [6.07, 6.45) is 0. The van der Waals surface area contributed by atoms with Crippen LogP contribution in [-0.2, 0) is 10.0 Å². The number of aromatic carboxylic acids is 1. The number of anilines is 2. The van der Waals surface area contributed by atoms with Crippen LogP contribution in [0.3, 0.4) is 0 Å². The van der Waals surface area contributed by atoms with Crippen LogP contribution in [-0.4, -0.2) is 40.7 Å². The second-order valence-electron chi connectivity index (χ2n) is 5.22. The maximum atomic E-state index is 12.6.